The van der Waals surface area contributed by atoms with Gasteiger partial charge in [-0.3, -0.25) is 4.79 Å². The molecule has 7 heteroatoms. The lowest BCUT2D eigenvalue weighted by Gasteiger charge is -2.40. The molecule has 2 unspecified atom stereocenters. The van der Waals surface area contributed by atoms with Gasteiger partial charge in [0.05, 0.1) is 18.5 Å². The largest absolute Gasteiger partial charge is 0.477 e. The first-order valence-electron chi connectivity index (χ1n) is 9.23. The van der Waals surface area contributed by atoms with Gasteiger partial charge in [-0.25, -0.2) is 4.79 Å². The number of aromatic carboxylic acids is 1. The van der Waals surface area contributed by atoms with Gasteiger partial charge < -0.3 is 20.0 Å². The molecule has 0 aliphatic carbocycles. The molecule has 0 saturated carbocycles. The van der Waals surface area contributed by atoms with Crippen molar-refractivity contribution in [1.29, 1.82) is 0 Å². The summed E-state index contributed by atoms with van der Waals surface area (Å²) in [6.07, 6.45) is 0.399. The number of carboxylic acids is 1. The molecule has 3 heterocycles. The van der Waals surface area contributed by atoms with Crippen LogP contribution in [-0.4, -0.2) is 58.6 Å². The topological polar surface area (TPSA) is 81.1 Å². The number of hydrogen-bond acceptors (Lipinski definition) is 5. The lowest BCUT2D eigenvalue weighted by molar-refractivity contribution is -0.132. The van der Waals surface area contributed by atoms with E-state index in [2.05, 4.69) is 4.90 Å². The molecule has 2 N–H and O–H groups in total. The summed E-state index contributed by atoms with van der Waals surface area (Å²) in [6, 6.07) is 13.1. The van der Waals surface area contributed by atoms with Gasteiger partial charge >= 0.3 is 5.97 Å². The van der Waals surface area contributed by atoms with Crippen LogP contribution in [0.1, 0.15) is 38.5 Å². The van der Waals surface area contributed by atoms with Crippen LogP contribution >= 0.6 is 11.3 Å². The quantitative estimate of drug-likeness (QED) is 0.782. The summed E-state index contributed by atoms with van der Waals surface area (Å²) < 4.78 is 0. The zero-order chi connectivity index (χ0) is 19.8. The molecule has 2 aliphatic heterocycles. The number of carboxylic acid groups (broad SMARTS) is 1. The Morgan fingerprint density at radius 1 is 1.18 bits per heavy atom. The second-order valence-corrected chi connectivity index (χ2v) is 8.28. The Balaban J connectivity index is 1.51. The fourth-order valence-corrected chi connectivity index (χ4v) is 5.17. The number of aliphatic hydroxyl groups excluding tert-OH is 1. The van der Waals surface area contributed by atoms with Gasteiger partial charge in [-0.2, -0.15) is 0 Å². The number of thiophene rings is 1. The number of rotatable bonds is 6. The molecule has 0 fully saturated rings. The van der Waals surface area contributed by atoms with E-state index in [1.54, 1.807) is 6.07 Å². The molecule has 1 aromatic carbocycles. The highest BCUT2D eigenvalue weighted by Crippen LogP contribution is 2.47. The standard InChI is InChI=1S/C21H22N2O4S/c1-22-16-12-23(20(25)14(9-10-24)13-5-3-2-4-6-13)11-15(16)19(22)17-7-8-18(28-17)21(26)27/h2-8,14,19,24H,9-12H2,1H3,(H,26,27). The minimum atomic E-state index is -0.912. The number of carbonyl (C=O) groups excluding carboxylic acids is 1. The minimum absolute atomic E-state index is 0.0270. The van der Waals surface area contributed by atoms with Crippen LogP contribution in [0.4, 0.5) is 0 Å². The van der Waals surface area contributed by atoms with Gasteiger partial charge in [-0.15, -0.1) is 11.3 Å². The van der Waals surface area contributed by atoms with Gasteiger partial charge in [0, 0.05) is 30.8 Å². The van der Waals surface area contributed by atoms with Crippen LogP contribution in [0.3, 0.4) is 0 Å². The van der Waals surface area contributed by atoms with Crippen LogP contribution < -0.4 is 0 Å². The SMILES string of the molecule is CN1C2=C(CN(C(=O)C(CCO)c3ccccc3)C2)C1c1ccc(C(=O)O)s1. The number of amides is 1. The summed E-state index contributed by atoms with van der Waals surface area (Å²) in [7, 11) is 1.99. The van der Waals surface area contributed by atoms with Crippen LogP contribution in [0.5, 0.6) is 0 Å². The van der Waals surface area contributed by atoms with Gasteiger partial charge in [0.2, 0.25) is 5.91 Å². The number of hydrogen-bond donors (Lipinski definition) is 2. The fourth-order valence-electron chi connectivity index (χ4n) is 4.14. The van der Waals surface area contributed by atoms with Gasteiger partial charge in [-0.1, -0.05) is 30.3 Å². The number of nitrogens with zero attached hydrogens (tertiary/aromatic N) is 2. The van der Waals surface area contributed by atoms with Gasteiger partial charge in [0.1, 0.15) is 4.88 Å². The van der Waals surface area contributed by atoms with E-state index in [0.29, 0.717) is 24.4 Å². The van der Waals surface area contributed by atoms with Crippen LogP contribution in [-0.2, 0) is 4.79 Å². The lowest BCUT2D eigenvalue weighted by atomic mass is 9.94. The molecule has 2 atom stereocenters. The van der Waals surface area contributed by atoms with Crippen molar-refractivity contribution in [2.24, 2.45) is 0 Å². The van der Waals surface area contributed by atoms with Crippen LogP contribution in [0.2, 0.25) is 0 Å². The molecular formula is C21H22N2O4S. The van der Waals surface area contributed by atoms with Gasteiger partial charge in [0.25, 0.3) is 0 Å². The summed E-state index contributed by atoms with van der Waals surface area (Å²) in [4.78, 5) is 29.7. The Morgan fingerprint density at radius 2 is 1.93 bits per heavy atom. The van der Waals surface area contributed by atoms with E-state index >= 15 is 0 Å². The first kappa shape index (κ1) is 18.7. The zero-order valence-electron chi connectivity index (χ0n) is 15.5. The fraction of sp³-hybridized carbons (Fsp3) is 0.333. The van der Waals surface area contributed by atoms with Crippen LogP contribution in [0.25, 0.3) is 0 Å². The van der Waals surface area contributed by atoms with Gasteiger partial charge in [0.15, 0.2) is 0 Å². The molecular weight excluding hydrogens is 376 g/mol. The molecule has 2 aliphatic rings. The van der Waals surface area contributed by atoms with Crippen molar-refractivity contribution in [1.82, 2.24) is 9.80 Å². The maximum Gasteiger partial charge on any atom is 0.345 e. The van der Waals surface area contributed by atoms with Crippen molar-refractivity contribution in [2.45, 2.75) is 18.4 Å². The first-order valence-corrected chi connectivity index (χ1v) is 10.0. The first-order chi connectivity index (χ1) is 13.5. The molecule has 0 spiro atoms. The second-order valence-electron chi connectivity index (χ2n) is 7.16. The third-order valence-electron chi connectivity index (χ3n) is 5.55. The van der Waals surface area contributed by atoms with Crippen molar-refractivity contribution < 1.29 is 19.8 Å². The van der Waals surface area contributed by atoms with E-state index in [1.807, 2.05) is 48.3 Å². The Kier molecular flexibility index (Phi) is 4.95. The Bertz CT molecular complexity index is 937. The second kappa shape index (κ2) is 7.41. The molecule has 4 rings (SSSR count). The Morgan fingerprint density at radius 3 is 2.57 bits per heavy atom. The third kappa shape index (κ3) is 3.10. The van der Waals surface area contributed by atoms with E-state index < -0.39 is 5.97 Å². The normalized spacial score (nSPS) is 19.4. The summed E-state index contributed by atoms with van der Waals surface area (Å²) in [6.45, 7) is 1.08. The Labute approximate surface area is 167 Å². The molecule has 0 saturated heterocycles. The average Bonchev–Trinajstić information content (AvgIpc) is 3.32. The smallest absolute Gasteiger partial charge is 0.345 e. The van der Waals surface area contributed by atoms with Crippen molar-refractivity contribution in [2.75, 3.05) is 26.7 Å². The van der Waals surface area contributed by atoms with Crippen molar-refractivity contribution in [3.8, 4) is 0 Å². The molecule has 146 valence electrons. The van der Waals surface area contributed by atoms with E-state index in [1.165, 1.54) is 16.9 Å². The third-order valence-corrected chi connectivity index (χ3v) is 6.68. The molecule has 1 amide bonds. The van der Waals surface area contributed by atoms with E-state index in [-0.39, 0.29) is 24.5 Å². The number of likely N-dealkylation sites (N-methyl/N-ethyl adjacent to an activating group) is 1. The van der Waals surface area contributed by atoms with Crippen LogP contribution in [0, 0.1) is 0 Å². The van der Waals surface area contributed by atoms with E-state index in [9.17, 15) is 19.8 Å². The summed E-state index contributed by atoms with van der Waals surface area (Å²) in [5.41, 5.74) is 3.25. The van der Waals surface area contributed by atoms with Crippen molar-refractivity contribution in [3.05, 3.63) is 69.1 Å². The monoisotopic (exact) mass is 398 g/mol. The Hall–Kier alpha value is -2.64. The van der Waals surface area contributed by atoms with E-state index in [0.717, 1.165) is 16.1 Å². The van der Waals surface area contributed by atoms with Crippen molar-refractivity contribution in [3.63, 3.8) is 0 Å². The molecule has 28 heavy (non-hydrogen) atoms. The summed E-state index contributed by atoms with van der Waals surface area (Å²) in [5.74, 6) is -1.24. The van der Waals surface area contributed by atoms with E-state index in [4.69, 9.17) is 0 Å². The highest BCUT2D eigenvalue weighted by Gasteiger charge is 2.44. The zero-order valence-corrected chi connectivity index (χ0v) is 16.4. The maximum absolute atomic E-state index is 13.2. The highest BCUT2D eigenvalue weighted by molar-refractivity contribution is 7.14. The molecule has 0 radical (unpaired) electrons. The predicted molar refractivity (Wildman–Crippen MR) is 106 cm³/mol. The number of benzene rings is 1. The highest BCUT2D eigenvalue weighted by atomic mass is 32.1. The van der Waals surface area contributed by atoms with Crippen LogP contribution in [0.15, 0.2) is 53.7 Å². The molecule has 1 aromatic heterocycles. The maximum atomic E-state index is 13.2. The average molecular weight is 398 g/mol. The summed E-state index contributed by atoms with van der Waals surface area (Å²) in [5, 5.41) is 18.6. The predicted octanol–water partition coefficient (Wildman–Crippen LogP) is 2.70. The lowest BCUT2D eigenvalue weighted by Crippen LogP contribution is -2.35. The number of carbonyl (C=O) groups is 2. The summed E-state index contributed by atoms with van der Waals surface area (Å²) >= 11 is 1.29. The van der Waals surface area contributed by atoms with Crippen molar-refractivity contribution >= 4 is 23.2 Å². The number of aliphatic hydroxyl groups is 1. The molecule has 0 bridgehead atoms. The molecule has 6 nitrogen and oxygen atoms in total. The minimum Gasteiger partial charge on any atom is -0.477 e. The van der Waals surface area contributed by atoms with Gasteiger partial charge in [-0.05, 0) is 29.7 Å². The molecule has 2 aromatic rings.